The van der Waals surface area contributed by atoms with Gasteiger partial charge in [0, 0.05) is 5.41 Å². The van der Waals surface area contributed by atoms with E-state index in [1.807, 2.05) is 0 Å². The monoisotopic (exact) mass is 546 g/mol. The van der Waals surface area contributed by atoms with Crippen LogP contribution in [0.3, 0.4) is 0 Å². The Hall–Kier alpha value is -5.20. The molecule has 0 amide bonds. The summed E-state index contributed by atoms with van der Waals surface area (Å²) in [6.45, 7) is 4.77. The van der Waals surface area contributed by atoms with E-state index in [-0.39, 0.29) is 5.41 Å². The Kier molecular flexibility index (Phi) is 5.05. The Balaban J connectivity index is 1.17. The van der Waals surface area contributed by atoms with E-state index in [1.54, 1.807) is 0 Å². The number of rotatable bonds is 2. The number of hydrogen-bond acceptors (Lipinski definition) is 0. The molecular weight excluding hydrogens is 516 g/mol. The maximum absolute atomic E-state index is 2.45. The highest BCUT2D eigenvalue weighted by Gasteiger charge is 2.36. The smallest absolute Gasteiger partial charge is 0.0159 e. The van der Waals surface area contributed by atoms with Crippen molar-refractivity contribution in [3.63, 3.8) is 0 Å². The first-order valence-electron chi connectivity index (χ1n) is 15.2. The van der Waals surface area contributed by atoms with E-state index in [1.165, 1.54) is 87.6 Å². The van der Waals surface area contributed by atoms with E-state index in [2.05, 4.69) is 159 Å². The molecule has 0 bridgehead atoms. The van der Waals surface area contributed by atoms with Gasteiger partial charge in [-0.05, 0) is 130 Å². The topological polar surface area (TPSA) is 0 Å². The zero-order valence-electron chi connectivity index (χ0n) is 24.4. The van der Waals surface area contributed by atoms with Gasteiger partial charge < -0.3 is 0 Å². The van der Waals surface area contributed by atoms with Crippen LogP contribution in [0.5, 0.6) is 0 Å². The molecule has 1 aliphatic rings. The zero-order chi connectivity index (χ0) is 28.7. The second-order valence-electron chi connectivity index (χ2n) is 12.6. The summed E-state index contributed by atoms with van der Waals surface area (Å²) < 4.78 is 0. The lowest BCUT2D eigenvalue weighted by Crippen LogP contribution is -2.15. The molecule has 0 radical (unpaired) electrons. The van der Waals surface area contributed by atoms with Crippen LogP contribution in [0.15, 0.2) is 146 Å². The molecule has 43 heavy (non-hydrogen) atoms. The van der Waals surface area contributed by atoms with Crippen molar-refractivity contribution < 1.29 is 0 Å². The minimum Gasteiger partial charge on any atom is -0.0616 e. The first-order chi connectivity index (χ1) is 21.0. The minimum absolute atomic E-state index is 0.0820. The van der Waals surface area contributed by atoms with Crippen molar-refractivity contribution in [2.45, 2.75) is 19.3 Å². The van der Waals surface area contributed by atoms with Crippen molar-refractivity contribution in [1.82, 2.24) is 0 Å². The SMILES string of the molecule is CC1(C)c2cc(-c3cccc4ccccc34)ccc2-c2cc3cc4ccc(-c5ccc6ccccc6c5)cc4cc3cc21. The lowest BCUT2D eigenvalue weighted by atomic mass is 9.81. The van der Waals surface area contributed by atoms with Gasteiger partial charge >= 0.3 is 0 Å². The largest absolute Gasteiger partial charge is 0.0616 e. The molecule has 202 valence electrons. The van der Waals surface area contributed by atoms with Crippen LogP contribution in [0.4, 0.5) is 0 Å². The van der Waals surface area contributed by atoms with Gasteiger partial charge in [-0.25, -0.2) is 0 Å². The number of benzene rings is 8. The van der Waals surface area contributed by atoms with E-state index < -0.39 is 0 Å². The fraction of sp³-hybridized carbons (Fsp3) is 0.0698. The third-order valence-corrected chi connectivity index (χ3v) is 9.77. The average Bonchev–Trinajstić information content (AvgIpc) is 3.26. The summed E-state index contributed by atoms with van der Waals surface area (Å²) in [7, 11) is 0. The maximum Gasteiger partial charge on any atom is 0.0159 e. The molecule has 0 N–H and O–H groups in total. The molecule has 0 aliphatic heterocycles. The Bertz CT molecular complexity index is 2420. The number of fused-ring (bicyclic) bond motifs is 7. The van der Waals surface area contributed by atoms with Gasteiger partial charge in [-0.1, -0.05) is 117 Å². The van der Waals surface area contributed by atoms with Gasteiger partial charge in [0.15, 0.2) is 0 Å². The summed E-state index contributed by atoms with van der Waals surface area (Å²) in [4.78, 5) is 0. The van der Waals surface area contributed by atoms with Crippen LogP contribution < -0.4 is 0 Å². The molecular formula is C43H30. The molecule has 0 saturated carbocycles. The van der Waals surface area contributed by atoms with Gasteiger partial charge in [0.2, 0.25) is 0 Å². The van der Waals surface area contributed by atoms with Gasteiger partial charge in [-0.3, -0.25) is 0 Å². The first kappa shape index (κ1) is 24.4. The summed E-state index contributed by atoms with van der Waals surface area (Å²) in [6.07, 6.45) is 0. The van der Waals surface area contributed by atoms with Crippen LogP contribution in [0.1, 0.15) is 25.0 Å². The van der Waals surface area contributed by atoms with Crippen LogP contribution >= 0.6 is 0 Å². The molecule has 0 heterocycles. The summed E-state index contributed by atoms with van der Waals surface area (Å²) in [5.41, 5.74) is 10.6. The third-order valence-electron chi connectivity index (χ3n) is 9.77. The van der Waals surface area contributed by atoms with Crippen molar-refractivity contribution in [2.24, 2.45) is 0 Å². The summed E-state index contributed by atoms with van der Waals surface area (Å²) in [5, 5.41) is 10.3. The van der Waals surface area contributed by atoms with E-state index in [0.29, 0.717) is 0 Å². The molecule has 8 aromatic carbocycles. The molecule has 0 aromatic heterocycles. The van der Waals surface area contributed by atoms with Crippen molar-refractivity contribution in [3.8, 4) is 33.4 Å². The quantitative estimate of drug-likeness (QED) is 0.189. The van der Waals surface area contributed by atoms with Crippen molar-refractivity contribution in [2.75, 3.05) is 0 Å². The van der Waals surface area contributed by atoms with Crippen molar-refractivity contribution in [1.29, 1.82) is 0 Å². The predicted octanol–water partition coefficient (Wildman–Crippen LogP) is 11.9. The predicted molar refractivity (Wildman–Crippen MR) is 185 cm³/mol. The standard InChI is InChI=1S/C43H30/c1-43(2)41-25-33(38-13-7-11-28-9-5-6-12-37(28)38)18-19-39(41)40-24-35-22-32-17-16-31(21-34(32)23-36(35)26-42(40)43)30-15-14-27-8-3-4-10-29(27)20-30/h3-26H,1-2H3. The first-order valence-corrected chi connectivity index (χ1v) is 15.2. The third kappa shape index (κ3) is 3.70. The highest BCUT2D eigenvalue weighted by molar-refractivity contribution is 6.04. The normalized spacial score (nSPS) is 13.5. The lowest BCUT2D eigenvalue weighted by molar-refractivity contribution is 0.661. The van der Waals surface area contributed by atoms with E-state index in [0.717, 1.165) is 0 Å². The molecule has 0 nitrogen and oxygen atoms in total. The van der Waals surface area contributed by atoms with Gasteiger partial charge in [-0.15, -0.1) is 0 Å². The molecule has 8 aromatic rings. The Morgan fingerprint density at radius 2 is 0.907 bits per heavy atom. The second-order valence-corrected chi connectivity index (χ2v) is 12.6. The minimum atomic E-state index is -0.0820. The lowest BCUT2D eigenvalue weighted by Gasteiger charge is -2.22. The van der Waals surface area contributed by atoms with E-state index in [4.69, 9.17) is 0 Å². The molecule has 0 atom stereocenters. The average molecular weight is 547 g/mol. The van der Waals surface area contributed by atoms with Crippen LogP contribution in [-0.4, -0.2) is 0 Å². The van der Waals surface area contributed by atoms with Gasteiger partial charge in [0.25, 0.3) is 0 Å². The molecule has 0 unspecified atom stereocenters. The Labute approximate surface area is 251 Å². The molecule has 0 saturated heterocycles. The molecule has 0 fully saturated rings. The van der Waals surface area contributed by atoms with Gasteiger partial charge in [-0.2, -0.15) is 0 Å². The molecule has 1 aliphatic carbocycles. The fourth-order valence-corrected chi connectivity index (χ4v) is 7.42. The van der Waals surface area contributed by atoms with Crippen LogP contribution in [0, 0.1) is 0 Å². The summed E-state index contributed by atoms with van der Waals surface area (Å²) >= 11 is 0. The maximum atomic E-state index is 2.45. The van der Waals surface area contributed by atoms with E-state index in [9.17, 15) is 0 Å². The molecule has 9 rings (SSSR count). The van der Waals surface area contributed by atoms with Gasteiger partial charge in [0.05, 0.1) is 0 Å². The highest BCUT2D eigenvalue weighted by Crippen LogP contribution is 2.51. The van der Waals surface area contributed by atoms with Crippen LogP contribution in [0.2, 0.25) is 0 Å². The Morgan fingerprint density at radius 1 is 0.326 bits per heavy atom. The van der Waals surface area contributed by atoms with E-state index >= 15 is 0 Å². The number of hydrogen-bond donors (Lipinski definition) is 0. The summed E-state index contributed by atoms with van der Waals surface area (Å²) in [5.74, 6) is 0. The fourth-order valence-electron chi connectivity index (χ4n) is 7.42. The zero-order valence-corrected chi connectivity index (χ0v) is 24.4. The molecule has 0 spiro atoms. The second kappa shape index (κ2) is 8.90. The van der Waals surface area contributed by atoms with Crippen molar-refractivity contribution >= 4 is 43.1 Å². The van der Waals surface area contributed by atoms with Gasteiger partial charge in [0.1, 0.15) is 0 Å². The molecule has 0 heteroatoms. The summed E-state index contributed by atoms with van der Waals surface area (Å²) in [6, 6.07) is 54.3. The van der Waals surface area contributed by atoms with Crippen molar-refractivity contribution in [3.05, 3.63) is 157 Å². The highest BCUT2D eigenvalue weighted by atomic mass is 14.4. The van der Waals surface area contributed by atoms with Crippen LogP contribution in [0.25, 0.3) is 76.5 Å². The van der Waals surface area contributed by atoms with Crippen LogP contribution in [-0.2, 0) is 5.41 Å². The Morgan fingerprint density at radius 3 is 1.77 bits per heavy atom.